The monoisotopic (exact) mass is 238 g/mol. The van der Waals surface area contributed by atoms with E-state index in [0.717, 1.165) is 30.6 Å². The third-order valence-corrected chi connectivity index (χ3v) is 3.92. The van der Waals surface area contributed by atoms with Gasteiger partial charge in [0.25, 0.3) is 0 Å². The maximum Gasteiger partial charge on any atom is 0.149 e. The fourth-order valence-electron chi connectivity index (χ4n) is 2.82. The van der Waals surface area contributed by atoms with Gasteiger partial charge in [-0.25, -0.2) is 0 Å². The van der Waals surface area contributed by atoms with E-state index in [4.69, 9.17) is 4.74 Å². The van der Waals surface area contributed by atoms with E-state index in [1.807, 2.05) is 0 Å². The predicted octanol–water partition coefficient (Wildman–Crippen LogP) is 4.10. The molecule has 0 aromatic heterocycles. The maximum absolute atomic E-state index is 10.9. The molecular weight excluding hydrogens is 212 g/mol. The Morgan fingerprint density at radius 2 is 1.94 bits per heavy atom. The van der Waals surface area contributed by atoms with Crippen molar-refractivity contribution in [2.75, 3.05) is 7.11 Å². The fourth-order valence-corrected chi connectivity index (χ4v) is 2.82. The number of rotatable bonds is 7. The highest BCUT2D eigenvalue weighted by Gasteiger charge is 2.23. The number of aldehydes is 1. The minimum atomic E-state index is 0.440. The first-order chi connectivity index (χ1) is 8.31. The zero-order valence-electron chi connectivity index (χ0n) is 11.3. The average Bonchev–Trinajstić information content (AvgIpc) is 2.37. The van der Waals surface area contributed by atoms with Crippen LogP contribution in [0.1, 0.15) is 58.3 Å². The van der Waals surface area contributed by atoms with Gasteiger partial charge in [0.2, 0.25) is 0 Å². The quantitative estimate of drug-likeness (QED) is 0.289. The molecule has 0 N–H and O–H groups in total. The van der Waals surface area contributed by atoms with Gasteiger partial charge in [0.15, 0.2) is 0 Å². The molecule has 2 heteroatoms. The minimum absolute atomic E-state index is 0.440. The molecule has 0 amide bonds. The zero-order valence-corrected chi connectivity index (χ0v) is 11.3. The van der Waals surface area contributed by atoms with Gasteiger partial charge in [-0.1, -0.05) is 32.6 Å². The Morgan fingerprint density at radius 3 is 2.47 bits per heavy atom. The molecule has 1 fully saturated rings. The molecule has 1 saturated carbocycles. The van der Waals surface area contributed by atoms with E-state index in [-0.39, 0.29) is 0 Å². The number of carbonyl (C=O) groups is 1. The Bertz CT molecular complexity index is 237. The Labute approximate surface area is 105 Å². The van der Waals surface area contributed by atoms with Gasteiger partial charge in [-0.05, 0) is 37.5 Å². The van der Waals surface area contributed by atoms with Crippen LogP contribution in [0.25, 0.3) is 0 Å². The van der Waals surface area contributed by atoms with Crippen LogP contribution >= 0.6 is 0 Å². The Kier molecular flexibility index (Phi) is 6.99. The molecule has 0 aromatic carbocycles. The lowest BCUT2D eigenvalue weighted by Gasteiger charge is -2.28. The van der Waals surface area contributed by atoms with Gasteiger partial charge in [0, 0.05) is 5.57 Å². The second-order valence-electron chi connectivity index (χ2n) is 5.18. The normalized spacial score (nSPS) is 25.6. The molecule has 1 rings (SSSR count). The molecule has 1 aliphatic rings. The molecule has 0 unspecified atom stereocenters. The smallest absolute Gasteiger partial charge is 0.149 e. The first-order valence-corrected chi connectivity index (χ1v) is 6.99. The molecule has 0 aliphatic heterocycles. The van der Waals surface area contributed by atoms with Gasteiger partial charge in [-0.2, -0.15) is 0 Å². The summed E-state index contributed by atoms with van der Waals surface area (Å²) >= 11 is 0. The van der Waals surface area contributed by atoms with Crippen molar-refractivity contribution in [2.45, 2.75) is 58.3 Å². The predicted molar refractivity (Wildman–Crippen MR) is 70.7 cm³/mol. The number of hydrogen-bond acceptors (Lipinski definition) is 2. The van der Waals surface area contributed by atoms with E-state index in [1.165, 1.54) is 38.5 Å². The van der Waals surface area contributed by atoms with E-state index in [2.05, 4.69) is 6.92 Å². The number of hydrogen-bond donors (Lipinski definition) is 0. The van der Waals surface area contributed by atoms with Crippen LogP contribution in [-0.2, 0) is 9.53 Å². The van der Waals surface area contributed by atoms with Gasteiger partial charge in [0.1, 0.15) is 6.29 Å². The summed E-state index contributed by atoms with van der Waals surface area (Å²) in [7, 11) is 1.61. The lowest BCUT2D eigenvalue weighted by atomic mass is 9.77. The molecule has 2 nitrogen and oxygen atoms in total. The lowest BCUT2D eigenvalue weighted by molar-refractivity contribution is -0.105. The van der Waals surface area contributed by atoms with Crippen molar-refractivity contribution in [1.82, 2.24) is 0 Å². The van der Waals surface area contributed by atoms with Gasteiger partial charge in [-0.3, -0.25) is 4.79 Å². The van der Waals surface area contributed by atoms with E-state index < -0.39 is 0 Å². The largest absolute Gasteiger partial charge is 0.504 e. The molecule has 0 spiro atoms. The molecule has 0 aromatic rings. The van der Waals surface area contributed by atoms with Crippen molar-refractivity contribution in [2.24, 2.45) is 11.8 Å². The Hall–Kier alpha value is -0.790. The van der Waals surface area contributed by atoms with Crippen molar-refractivity contribution >= 4 is 6.29 Å². The third-order valence-electron chi connectivity index (χ3n) is 3.92. The van der Waals surface area contributed by atoms with Gasteiger partial charge in [0.05, 0.1) is 13.4 Å². The highest BCUT2D eigenvalue weighted by molar-refractivity contribution is 5.73. The number of ether oxygens (including phenoxy) is 1. The minimum Gasteiger partial charge on any atom is -0.504 e. The number of allylic oxidation sites excluding steroid dienone is 1. The van der Waals surface area contributed by atoms with Crippen molar-refractivity contribution in [3.05, 3.63) is 11.8 Å². The third kappa shape index (κ3) is 4.93. The van der Waals surface area contributed by atoms with Gasteiger partial charge < -0.3 is 4.74 Å². The summed E-state index contributed by atoms with van der Waals surface area (Å²) in [6.07, 6.45) is 12.9. The van der Waals surface area contributed by atoms with E-state index in [1.54, 1.807) is 13.4 Å². The van der Waals surface area contributed by atoms with Gasteiger partial charge in [-0.15, -0.1) is 0 Å². The van der Waals surface area contributed by atoms with Crippen molar-refractivity contribution < 1.29 is 9.53 Å². The van der Waals surface area contributed by atoms with Crippen molar-refractivity contribution in [3.63, 3.8) is 0 Å². The van der Waals surface area contributed by atoms with Crippen molar-refractivity contribution in [3.8, 4) is 0 Å². The van der Waals surface area contributed by atoms with E-state index in [0.29, 0.717) is 5.92 Å². The topological polar surface area (TPSA) is 26.3 Å². The van der Waals surface area contributed by atoms with Crippen LogP contribution in [0.2, 0.25) is 0 Å². The molecule has 0 atom stereocenters. The van der Waals surface area contributed by atoms with Crippen LogP contribution < -0.4 is 0 Å². The summed E-state index contributed by atoms with van der Waals surface area (Å²) in [6.45, 7) is 2.25. The van der Waals surface area contributed by atoms with E-state index >= 15 is 0 Å². The van der Waals surface area contributed by atoms with Crippen LogP contribution in [0.15, 0.2) is 11.8 Å². The summed E-state index contributed by atoms with van der Waals surface area (Å²) in [6, 6.07) is 0. The summed E-state index contributed by atoms with van der Waals surface area (Å²) in [5.74, 6) is 1.34. The molecule has 1 aliphatic carbocycles. The van der Waals surface area contributed by atoms with Crippen LogP contribution in [0.4, 0.5) is 0 Å². The number of methoxy groups -OCH3 is 1. The molecular formula is C15H26O2. The first-order valence-electron chi connectivity index (χ1n) is 6.99. The van der Waals surface area contributed by atoms with Gasteiger partial charge >= 0.3 is 0 Å². The molecule has 98 valence electrons. The fraction of sp³-hybridized carbons (Fsp3) is 0.800. The summed E-state index contributed by atoms with van der Waals surface area (Å²) < 4.78 is 4.96. The standard InChI is InChI=1S/C15H26O2/c1-3-4-5-6-13-7-9-14(10-8-13)15(11-16)12-17-2/h11-14H,3-10H2,1-2H3. The number of carbonyl (C=O) groups excluding carboxylic acids is 1. The van der Waals surface area contributed by atoms with Crippen LogP contribution in [0.5, 0.6) is 0 Å². The highest BCUT2D eigenvalue weighted by atomic mass is 16.5. The second kappa shape index (κ2) is 8.32. The zero-order chi connectivity index (χ0) is 12.5. The Balaban J connectivity index is 2.29. The second-order valence-corrected chi connectivity index (χ2v) is 5.18. The molecule has 0 bridgehead atoms. The molecule has 0 radical (unpaired) electrons. The SMILES string of the molecule is CCCCCC1CCC(C(C=O)=COC)CC1. The van der Waals surface area contributed by atoms with Crippen LogP contribution in [0, 0.1) is 11.8 Å². The molecule has 17 heavy (non-hydrogen) atoms. The number of unbranched alkanes of at least 4 members (excludes halogenated alkanes) is 2. The summed E-state index contributed by atoms with van der Waals surface area (Å²) in [5.41, 5.74) is 0.847. The van der Waals surface area contributed by atoms with Crippen LogP contribution in [-0.4, -0.2) is 13.4 Å². The maximum atomic E-state index is 10.9. The average molecular weight is 238 g/mol. The van der Waals surface area contributed by atoms with E-state index in [9.17, 15) is 4.79 Å². The van der Waals surface area contributed by atoms with Crippen LogP contribution in [0.3, 0.4) is 0 Å². The highest BCUT2D eigenvalue weighted by Crippen LogP contribution is 2.35. The van der Waals surface area contributed by atoms with Crippen molar-refractivity contribution in [1.29, 1.82) is 0 Å². The molecule has 0 heterocycles. The first kappa shape index (κ1) is 14.3. The lowest BCUT2D eigenvalue weighted by Crippen LogP contribution is -2.17. The summed E-state index contributed by atoms with van der Waals surface area (Å²) in [4.78, 5) is 10.9. The molecule has 0 saturated heterocycles. The summed E-state index contributed by atoms with van der Waals surface area (Å²) in [5, 5.41) is 0. The Morgan fingerprint density at radius 1 is 1.24 bits per heavy atom.